The first kappa shape index (κ1) is 23.9. The van der Waals surface area contributed by atoms with Crippen LogP contribution >= 0.6 is 23.2 Å². The average molecular weight is 503 g/mol. The van der Waals surface area contributed by atoms with E-state index in [4.69, 9.17) is 28.9 Å². The Kier molecular flexibility index (Phi) is 7.01. The molecular formula is C22H24Cl2N8O2. The van der Waals surface area contributed by atoms with E-state index in [0.717, 1.165) is 17.6 Å². The van der Waals surface area contributed by atoms with Crippen molar-refractivity contribution < 1.29 is 9.59 Å². The number of carbonyl (C=O) groups is 2. The minimum absolute atomic E-state index is 0.0617. The van der Waals surface area contributed by atoms with Gasteiger partial charge in [-0.05, 0) is 51.2 Å². The summed E-state index contributed by atoms with van der Waals surface area (Å²) in [5.74, 6) is -0.401. The number of para-hydroxylation sites is 1. The molecule has 0 spiro atoms. The molecule has 3 heterocycles. The van der Waals surface area contributed by atoms with E-state index in [1.54, 1.807) is 30.3 Å². The van der Waals surface area contributed by atoms with Crippen LogP contribution in [-0.4, -0.2) is 74.8 Å². The predicted molar refractivity (Wildman–Crippen MR) is 130 cm³/mol. The van der Waals surface area contributed by atoms with Crippen molar-refractivity contribution >= 4 is 46.7 Å². The Labute approximate surface area is 206 Å². The molecule has 2 amide bonds. The van der Waals surface area contributed by atoms with E-state index in [0.29, 0.717) is 46.2 Å². The number of nitrogens with two attached hydrogens (primary N) is 1. The largest absolute Gasteiger partial charge is 0.364 e. The van der Waals surface area contributed by atoms with Crippen molar-refractivity contribution in [2.24, 2.45) is 5.73 Å². The molecule has 3 aromatic rings. The van der Waals surface area contributed by atoms with Crippen molar-refractivity contribution in [2.45, 2.75) is 18.9 Å². The Bertz CT molecular complexity index is 1180. The number of pyridine rings is 1. The van der Waals surface area contributed by atoms with E-state index in [1.165, 1.54) is 6.20 Å². The van der Waals surface area contributed by atoms with Gasteiger partial charge in [0.15, 0.2) is 11.5 Å². The first-order valence-electron chi connectivity index (χ1n) is 10.6. The Morgan fingerprint density at radius 1 is 1.09 bits per heavy atom. The van der Waals surface area contributed by atoms with Gasteiger partial charge >= 0.3 is 0 Å². The maximum atomic E-state index is 12.9. The SMILES string of the molecule is CN(C)C1CCN(C(=O)c2ccc(Nc3nn(-c4c(Cl)cccc4Cl)nc3C(N)=O)nc2)CC1. The summed E-state index contributed by atoms with van der Waals surface area (Å²) >= 11 is 12.5. The molecule has 2 aromatic heterocycles. The fourth-order valence-corrected chi connectivity index (χ4v) is 4.37. The second-order valence-electron chi connectivity index (χ2n) is 8.17. The molecule has 3 N–H and O–H groups in total. The van der Waals surface area contributed by atoms with Gasteiger partial charge in [0.05, 0.1) is 15.6 Å². The van der Waals surface area contributed by atoms with E-state index >= 15 is 0 Å². The third kappa shape index (κ3) is 4.98. The number of aromatic nitrogens is 4. The molecule has 178 valence electrons. The first-order valence-corrected chi connectivity index (χ1v) is 11.4. The smallest absolute Gasteiger partial charge is 0.273 e. The Morgan fingerprint density at radius 3 is 2.32 bits per heavy atom. The third-order valence-corrected chi connectivity index (χ3v) is 6.33. The predicted octanol–water partition coefficient (Wildman–Crippen LogP) is 2.98. The van der Waals surface area contributed by atoms with Crippen LogP contribution in [0.2, 0.25) is 10.0 Å². The van der Waals surface area contributed by atoms with Crippen LogP contribution in [0.25, 0.3) is 5.69 Å². The van der Waals surface area contributed by atoms with Crippen molar-refractivity contribution in [3.8, 4) is 5.69 Å². The number of primary amides is 1. The van der Waals surface area contributed by atoms with Gasteiger partial charge in [0.2, 0.25) is 0 Å². The van der Waals surface area contributed by atoms with E-state index in [1.807, 2.05) is 4.90 Å². The second kappa shape index (κ2) is 9.96. The van der Waals surface area contributed by atoms with Gasteiger partial charge in [0.1, 0.15) is 11.5 Å². The summed E-state index contributed by atoms with van der Waals surface area (Å²) in [6, 6.07) is 8.74. The molecule has 12 heteroatoms. The highest BCUT2D eigenvalue weighted by atomic mass is 35.5. The van der Waals surface area contributed by atoms with Gasteiger partial charge in [-0.1, -0.05) is 29.3 Å². The highest BCUT2D eigenvalue weighted by Crippen LogP contribution is 2.28. The summed E-state index contributed by atoms with van der Waals surface area (Å²) in [4.78, 5) is 34.3. The summed E-state index contributed by atoms with van der Waals surface area (Å²) in [6.07, 6.45) is 3.36. The summed E-state index contributed by atoms with van der Waals surface area (Å²) in [5, 5.41) is 11.9. The molecule has 10 nitrogen and oxygen atoms in total. The summed E-state index contributed by atoms with van der Waals surface area (Å²) in [5.41, 5.74) is 6.16. The molecule has 0 radical (unpaired) electrons. The van der Waals surface area contributed by atoms with Crippen molar-refractivity contribution in [3.63, 3.8) is 0 Å². The number of carbonyl (C=O) groups excluding carboxylic acids is 2. The molecule has 34 heavy (non-hydrogen) atoms. The van der Waals surface area contributed by atoms with E-state index < -0.39 is 5.91 Å². The van der Waals surface area contributed by atoms with Crippen LogP contribution in [0.1, 0.15) is 33.7 Å². The number of rotatable bonds is 6. The van der Waals surface area contributed by atoms with Gasteiger partial charge in [-0.15, -0.1) is 15.0 Å². The number of piperidine rings is 1. The number of hydrogen-bond acceptors (Lipinski definition) is 7. The molecule has 1 aliphatic rings. The topological polar surface area (TPSA) is 122 Å². The van der Waals surface area contributed by atoms with Crippen LogP contribution in [0.4, 0.5) is 11.6 Å². The molecule has 0 saturated carbocycles. The van der Waals surface area contributed by atoms with Gasteiger partial charge in [-0.3, -0.25) is 9.59 Å². The fraction of sp³-hybridized carbons (Fsp3) is 0.318. The van der Waals surface area contributed by atoms with Gasteiger partial charge in [0.25, 0.3) is 11.8 Å². The summed E-state index contributed by atoms with van der Waals surface area (Å²) < 4.78 is 0. The van der Waals surface area contributed by atoms with Gasteiger partial charge < -0.3 is 20.9 Å². The molecule has 0 unspecified atom stereocenters. The summed E-state index contributed by atoms with van der Waals surface area (Å²) in [7, 11) is 4.12. The third-order valence-electron chi connectivity index (χ3n) is 5.72. The number of benzene rings is 1. The number of nitrogens with zero attached hydrogens (tertiary/aromatic N) is 6. The molecule has 0 bridgehead atoms. The molecule has 1 aliphatic heterocycles. The molecule has 1 aromatic carbocycles. The summed E-state index contributed by atoms with van der Waals surface area (Å²) in [6.45, 7) is 1.41. The zero-order chi connectivity index (χ0) is 24.4. The highest BCUT2D eigenvalue weighted by Gasteiger charge is 2.25. The molecular weight excluding hydrogens is 479 g/mol. The van der Waals surface area contributed by atoms with Crippen LogP contribution in [0, 0.1) is 0 Å². The Morgan fingerprint density at radius 2 is 1.76 bits per heavy atom. The van der Waals surface area contributed by atoms with Crippen LogP contribution in [0.3, 0.4) is 0 Å². The minimum Gasteiger partial charge on any atom is -0.364 e. The van der Waals surface area contributed by atoms with Crippen LogP contribution in [-0.2, 0) is 0 Å². The number of hydrogen-bond donors (Lipinski definition) is 2. The standard InChI is InChI=1S/C22H24Cl2N8O2/c1-30(2)14-8-10-31(11-9-14)22(34)13-6-7-17(26-12-13)27-21-18(20(25)33)28-32(29-21)19-15(23)4-3-5-16(19)24/h3-7,12,14H,8-11H2,1-2H3,(H2,25,33)(H,26,27,29). The highest BCUT2D eigenvalue weighted by molar-refractivity contribution is 6.37. The lowest BCUT2D eigenvalue weighted by Gasteiger charge is -2.35. The minimum atomic E-state index is -0.787. The quantitative estimate of drug-likeness (QED) is 0.530. The van der Waals surface area contributed by atoms with Crippen molar-refractivity contribution in [2.75, 3.05) is 32.5 Å². The molecule has 1 saturated heterocycles. The molecule has 1 fully saturated rings. The zero-order valence-electron chi connectivity index (χ0n) is 18.7. The fourth-order valence-electron chi connectivity index (χ4n) is 3.82. The average Bonchev–Trinajstić information content (AvgIpc) is 3.22. The zero-order valence-corrected chi connectivity index (χ0v) is 20.2. The van der Waals surface area contributed by atoms with Crippen LogP contribution in [0.5, 0.6) is 0 Å². The van der Waals surface area contributed by atoms with Crippen molar-refractivity contribution in [1.29, 1.82) is 0 Å². The van der Waals surface area contributed by atoms with Gasteiger partial charge in [-0.25, -0.2) is 4.98 Å². The van der Waals surface area contributed by atoms with E-state index in [9.17, 15) is 9.59 Å². The number of halogens is 2. The number of anilines is 2. The molecule has 0 aliphatic carbocycles. The van der Waals surface area contributed by atoms with Gasteiger partial charge in [0, 0.05) is 25.3 Å². The maximum Gasteiger partial charge on any atom is 0.273 e. The van der Waals surface area contributed by atoms with Crippen LogP contribution in [0.15, 0.2) is 36.5 Å². The Hall–Kier alpha value is -3.21. The Balaban J connectivity index is 1.51. The number of likely N-dealkylation sites (tertiary alicyclic amines) is 1. The lowest BCUT2D eigenvalue weighted by Crippen LogP contribution is -2.44. The lowest BCUT2D eigenvalue weighted by atomic mass is 10.0. The van der Waals surface area contributed by atoms with E-state index in [-0.39, 0.29) is 17.4 Å². The van der Waals surface area contributed by atoms with Crippen molar-refractivity contribution in [3.05, 3.63) is 57.8 Å². The number of amides is 2. The van der Waals surface area contributed by atoms with Crippen LogP contribution < -0.4 is 11.1 Å². The lowest BCUT2D eigenvalue weighted by molar-refractivity contribution is 0.0663. The number of nitrogens with one attached hydrogen (secondary N) is 1. The van der Waals surface area contributed by atoms with Crippen molar-refractivity contribution in [1.82, 2.24) is 29.8 Å². The molecule has 0 atom stereocenters. The molecule has 4 rings (SSSR count). The monoisotopic (exact) mass is 502 g/mol. The first-order chi connectivity index (χ1) is 16.2. The second-order valence-corrected chi connectivity index (χ2v) is 8.98. The van der Waals surface area contributed by atoms with Gasteiger partial charge in [-0.2, -0.15) is 0 Å². The normalized spacial score (nSPS) is 14.4. The van der Waals surface area contributed by atoms with E-state index in [2.05, 4.69) is 39.5 Å². The maximum absolute atomic E-state index is 12.9.